The van der Waals surface area contributed by atoms with Crippen molar-refractivity contribution in [1.82, 2.24) is 30.0 Å². The Hall–Kier alpha value is -1.40. The van der Waals surface area contributed by atoms with Gasteiger partial charge in [0.25, 0.3) is 0 Å². The van der Waals surface area contributed by atoms with Gasteiger partial charge in [0.2, 0.25) is 0 Å². The summed E-state index contributed by atoms with van der Waals surface area (Å²) in [5.74, 6) is 2.74. The highest BCUT2D eigenvalue weighted by Gasteiger charge is 2.30. The molecule has 7 heteroatoms. The number of imidazole rings is 1. The molecule has 0 spiro atoms. The number of rotatable bonds is 6. The van der Waals surface area contributed by atoms with Crippen molar-refractivity contribution in [2.45, 2.75) is 58.5 Å². The number of hydrogen-bond acceptors (Lipinski definition) is 4. The Morgan fingerprint density at radius 1 is 1.36 bits per heavy atom. The van der Waals surface area contributed by atoms with E-state index in [1.165, 1.54) is 0 Å². The topological polar surface area (TPSA) is 73.5 Å². The van der Waals surface area contributed by atoms with Gasteiger partial charge in [-0.25, -0.2) is 9.97 Å². The van der Waals surface area contributed by atoms with Crippen LogP contribution in [0.15, 0.2) is 0 Å². The lowest BCUT2D eigenvalue weighted by Gasteiger charge is -2.21. The predicted molar refractivity (Wildman–Crippen MR) is 85.7 cm³/mol. The lowest BCUT2D eigenvalue weighted by Crippen LogP contribution is -2.24. The van der Waals surface area contributed by atoms with Crippen LogP contribution in [0.25, 0.3) is 0 Å². The molecule has 6 nitrogen and oxygen atoms in total. The van der Waals surface area contributed by atoms with Gasteiger partial charge >= 0.3 is 0 Å². The number of unbranched alkanes of at least 4 members (excludes halogenated alkanes) is 1. The molecular formula is C15H23ClN6. The van der Waals surface area contributed by atoms with Crippen LogP contribution in [0.3, 0.4) is 0 Å². The molecule has 0 radical (unpaired) electrons. The predicted octanol–water partition coefficient (Wildman–Crippen LogP) is 3.17. The fourth-order valence-electron chi connectivity index (χ4n) is 3.03. The third-order valence-corrected chi connectivity index (χ3v) is 4.49. The molecule has 0 aliphatic carbocycles. The van der Waals surface area contributed by atoms with Crippen LogP contribution in [0.5, 0.6) is 0 Å². The third-order valence-electron chi connectivity index (χ3n) is 4.18. The maximum Gasteiger partial charge on any atom is 0.167 e. The summed E-state index contributed by atoms with van der Waals surface area (Å²) in [6.45, 7) is 5.93. The number of H-pyrrole nitrogens is 2. The molecule has 3 rings (SSSR count). The minimum Gasteiger partial charge on any atom is -0.344 e. The van der Waals surface area contributed by atoms with Crippen molar-refractivity contribution in [3.8, 4) is 0 Å². The number of halogens is 1. The Labute approximate surface area is 135 Å². The standard InChI is InChI=1S/C15H23ClN6/c1-3-4-7-13-18-11(14(16)19-13)9-22-8-5-6-12(22)15-17-10(2)20-21-15/h12H,3-9H2,1-2H3,(H,18,19)(H,17,20,21). The maximum atomic E-state index is 6.29. The molecule has 0 aromatic carbocycles. The molecule has 3 heterocycles. The summed E-state index contributed by atoms with van der Waals surface area (Å²) in [4.78, 5) is 14.7. The van der Waals surface area contributed by atoms with E-state index in [-0.39, 0.29) is 6.04 Å². The first-order valence-electron chi connectivity index (χ1n) is 8.03. The molecule has 1 atom stereocenters. The van der Waals surface area contributed by atoms with Crippen molar-refractivity contribution in [3.63, 3.8) is 0 Å². The van der Waals surface area contributed by atoms with Crippen molar-refractivity contribution >= 4 is 11.6 Å². The number of hydrogen-bond donors (Lipinski definition) is 2. The fourth-order valence-corrected chi connectivity index (χ4v) is 3.24. The zero-order valence-electron chi connectivity index (χ0n) is 13.2. The Kier molecular flexibility index (Phi) is 4.78. The molecular weight excluding hydrogens is 300 g/mol. The van der Waals surface area contributed by atoms with Crippen LogP contribution < -0.4 is 0 Å². The SMILES string of the molecule is CCCCc1nc(Cl)c(CN2CCCC2c2n[nH]c(C)n2)[nH]1. The number of nitrogens with zero attached hydrogens (tertiary/aromatic N) is 4. The lowest BCUT2D eigenvalue weighted by molar-refractivity contribution is 0.237. The van der Waals surface area contributed by atoms with E-state index in [1.807, 2.05) is 6.92 Å². The van der Waals surface area contributed by atoms with E-state index >= 15 is 0 Å². The first kappa shape index (κ1) is 15.5. The largest absolute Gasteiger partial charge is 0.344 e. The highest BCUT2D eigenvalue weighted by molar-refractivity contribution is 6.30. The van der Waals surface area contributed by atoms with Crippen LogP contribution in [0.2, 0.25) is 5.15 Å². The van der Waals surface area contributed by atoms with Crippen molar-refractivity contribution in [2.24, 2.45) is 0 Å². The summed E-state index contributed by atoms with van der Waals surface area (Å²) in [6.07, 6.45) is 5.50. The molecule has 0 bridgehead atoms. The van der Waals surface area contributed by atoms with E-state index in [4.69, 9.17) is 11.6 Å². The van der Waals surface area contributed by atoms with Crippen LogP contribution in [0.1, 0.15) is 61.8 Å². The summed E-state index contributed by atoms with van der Waals surface area (Å²) >= 11 is 6.29. The molecule has 22 heavy (non-hydrogen) atoms. The molecule has 0 amide bonds. The maximum absolute atomic E-state index is 6.29. The van der Waals surface area contributed by atoms with Gasteiger partial charge in [0, 0.05) is 13.0 Å². The first-order chi connectivity index (χ1) is 10.7. The van der Waals surface area contributed by atoms with Gasteiger partial charge in [-0.15, -0.1) is 0 Å². The van der Waals surface area contributed by atoms with Crippen molar-refractivity contribution in [2.75, 3.05) is 6.54 Å². The summed E-state index contributed by atoms with van der Waals surface area (Å²) < 4.78 is 0. The number of aromatic nitrogens is 5. The third kappa shape index (κ3) is 3.33. The van der Waals surface area contributed by atoms with Gasteiger partial charge in [-0.2, -0.15) is 5.10 Å². The number of aromatic amines is 2. The van der Waals surface area contributed by atoms with Crippen LogP contribution >= 0.6 is 11.6 Å². The van der Waals surface area contributed by atoms with Gasteiger partial charge in [0.05, 0.1) is 11.7 Å². The number of aryl methyl sites for hydroxylation is 2. The molecule has 2 aromatic rings. The zero-order chi connectivity index (χ0) is 15.5. The average Bonchev–Trinajstić information content (AvgIpc) is 3.19. The van der Waals surface area contributed by atoms with Gasteiger partial charge < -0.3 is 4.98 Å². The molecule has 2 N–H and O–H groups in total. The first-order valence-corrected chi connectivity index (χ1v) is 8.41. The molecule has 1 fully saturated rings. The van der Waals surface area contributed by atoms with Crippen LogP contribution in [0, 0.1) is 6.92 Å². The molecule has 1 saturated heterocycles. The average molecular weight is 323 g/mol. The molecule has 1 aliphatic heterocycles. The minimum absolute atomic E-state index is 0.267. The molecule has 120 valence electrons. The van der Waals surface area contributed by atoms with E-state index in [0.717, 1.165) is 68.4 Å². The van der Waals surface area contributed by atoms with Crippen molar-refractivity contribution in [3.05, 3.63) is 28.3 Å². The molecule has 1 unspecified atom stereocenters. The van der Waals surface area contributed by atoms with E-state index in [2.05, 4.69) is 37.0 Å². The molecule has 1 aliphatic rings. The van der Waals surface area contributed by atoms with Crippen molar-refractivity contribution < 1.29 is 0 Å². The second-order valence-electron chi connectivity index (χ2n) is 5.96. The van der Waals surface area contributed by atoms with Gasteiger partial charge in [0.15, 0.2) is 11.0 Å². The quantitative estimate of drug-likeness (QED) is 0.856. The van der Waals surface area contributed by atoms with E-state index in [1.54, 1.807) is 0 Å². The number of likely N-dealkylation sites (tertiary alicyclic amines) is 1. The Balaban J connectivity index is 1.70. The summed E-state index contributed by atoms with van der Waals surface area (Å²) in [5.41, 5.74) is 1.01. The monoisotopic (exact) mass is 322 g/mol. The van der Waals surface area contributed by atoms with E-state index < -0.39 is 0 Å². The minimum atomic E-state index is 0.267. The number of nitrogens with one attached hydrogen (secondary N) is 2. The molecule has 0 saturated carbocycles. The van der Waals surface area contributed by atoms with Gasteiger partial charge in [-0.3, -0.25) is 10.00 Å². The van der Waals surface area contributed by atoms with Crippen LogP contribution in [0.4, 0.5) is 0 Å². The Morgan fingerprint density at radius 2 is 2.23 bits per heavy atom. The Bertz CT molecular complexity index is 619. The summed E-state index contributed by atoms with van der Waals surface area (Å²) in [7, 11) is 0. The fraction of sp³-hybridized carbons (Fsp3) is 0.667. The smallest absolute Gasteiger partial charge is 0.167 e. The second-order valence-corrected chi connectivity index (χ2v) is 6.32. The van der Waals surface area contributed by atoms with Crippen LogP contribution in [-0.4, -0.2) is 36.6 Å². The van der Waals surface area contributed by atoms with Gasteiger partial charge in [-0.1, -0.05) is 24.9 Å². The lowest BCUT2D eigenvalue weighted by atomic mass is 10.2. The van der Waals surface area contributed by atoms with Crippen molar-refractivity contribution in [1.29, 1.82) is 0 Å². The second kappa shape index (κ2) is 6.79. The van der Waals surface area contributed by atoms with Gasteiger partial charge in [-0.05, 0) is 32.7 Å². The highest BCUT2D eigenvalue weighted by atomic mass is 35.5. The summed E-state index contributed by atoms with van der Waals surface area (Å²) in [5, 5.41) is 7.86. The Morgan fingerprint density at radius 3 is 2.95 bits per heavy atom. The van der Waals surface area contributed by atoms with Crippen LogP contribution in [-0.2, 0) is 13.0 Å². The zero-order valence-corrected chi connectivity index (χ0v) is 13.9. The highest BCUT2D eigenvalue weighted by Crippen LogP contribution is 2.32. The summed E-state index contributed by atoms with van der Waals surface area (Å²) in [6, 6.07) is 0.267. The van der Waals surface area contributed by atoms with E-state index in [0.29, 0.717) is 5.15 Å². The molecule has 2 aromatic heterocycles. The van der Waals surface area contributed by atoms with Gasteiger partial charge in [0.1, 0.15) is 11.6 Å². The van der Waals surface area contributed by atoms with E-state index in [9.17, 15) is 0 Å². The normalized spacial score (nSPS) is 19.1.